The zero-order valence-corrected chi connectivity index (χ0v) is 22.0. The topological polar surface area (TPSA) is 94.9 Å². The Morgan fingerprint density at radius 1 is 1.22 bits per heavy atom. The number of hydrogen-bond acceptors (Lipinski definition) is 7. The number of ether oxygens (including phenoxy) is 1. The van der Waals surface area contributed by atoms with Gasteiger partial charge in [-0.05, 0) is 31.6 Å². The third-order valence-electron chi connectivity index (χ3n) is 6.61. The van der Waals surface area contributed by atoms with Gasteiger partial charge in [0.05, 0.1) is 36.1 Å². The number of piperazine rings is 1. The molecule has 11 heteroatoms. The highest BCUT2D eigenvalue weighted by Crippen LogP contribution is 2.42. The molecule has 1 N–H and O–H groups in total. The van der Waals surface area contributed by atoms with E-state index in [1.165, 1.54) is 6.33 Å². The summed E-state index contributed by atoms with van der Waals surface area (Å²) in [6.45, 7) is 7.40. The minimum absolute atomic E-state index is 0.145. The molecule has 0 saturated carbocycles. The summed E-state index contributed by atoms with van der Waals surface area (Å²) in [5.41, 5.74) is 4.53. The van der Waals surface area contributed by atoms with Crippen molar-refractivity contribution in [3.05, 3.63) is 35.4 Å². The van der Waals surface area contributed by atoms with Crippen LogP contribution in [0.3, 0.4) is 0 Å². The average molecular weight is 511 g/mol. The summed E-state index contributed by atoms with van der Waals surface area (Å²) in [4.78, 5) is 31.0. The van der Waals surface area contributed by atoms with Gasteiger partial charge in [-0.3, -0.25) is 4.79 Å². The standard InChI is InChI=1S/C25H31ClN8O2/c1-15(2)20-21-17(30-23(20)16-10-18(36-5)24-28-14-29-34(24)12-16)11-27-25(22(21)26)33-8-6-32(7-9-33)19(35)13-31(3)4/h10-12,14-15,30H,6-9,13H2,1-5H3. The molecule has 10 nitrogen and oxygen atoms in total. The Bertz CT molecular complexity index is 1420. The fourth-order valence-electron chi connectivity index (χ4n) is 4.91. The number of aromatic amines is 1. The predicted molar refractivity (Wildman–Crippen MR) is 141 cm³/mol. The van der Waals surface area contributed by atoms with E-state index in [0.29, 0.717) is 49.1 Å². The van der Waals surface area contributed by atoms with Gasteiger partial charge < -0.3 is 24.4 Å². The smallest absolute Gasteiger partial charge is 0.236 e. The fourth-order valence-corrected chi connectivity index (χ4v) is 5.28. The van der Waals surface area contributed by atoms with Gasteiger partial charge >= 0.3 is 0 Å². The summed E-state index contributed by atoms with van der Waals surface area (Å²) in [6, 6.07) is 1.97. The van der Waals surface area contributed by atoms with Gasteiger partial charge in [0.15, 0.2) is 11.4 Å². The predicted octanol–water partition coefficient (Wildman–Crippen LogP) is 3.27. The molecule has 0 aliphatic carbocycles. The van der Waals surface area contributed by atoms with E-state index in [0.717, 1.165) is 33.5 Å². The number of amides is 1. The van der Waals surface area contributed by atoms with E-state index in [4.69, 9.17) is 21.3 Å². The number of carbonyl (C=O) groups is 1. The van der Waals surface area contributed by atoms with Crippen molar-refractivity contribution in [3.8, 4) is 17.0 Å². The van der Waals surface area contributed by atoms with Crippen molar-refractivity contribution in [1.29, 1.82) is 0 Å². The molecule has 1 saturated heterocycles. The molecule has 0 aromatic carbocycles. The number of methoxy groups -OCH3 is 1. The summed E-state index contributed by atoms with van der Waals surface area (Å²) in [5, 5.41) is 5.90. The number of likely N-dealkylation sites (N-methyl/N-ethyl adjacent to an activating group) is 1. The van der Waals surface area contributed by atoms with Crippen LogP contribution in [0, 0.1) is 0 Å². The summed E-state index contributed by atoms with van der Waals surface area (Å²) < 4.78 is 7.29. The molecular formula is C25H31ClN8O2. The highest BCUT2D eigenvalue weighted by Gasteiger charge is 2.27. The van der Waals surface area contributed by atoms with Crippen LogP contribution in [-0.4, -0.2) is 94.2 Å². The third kappa shape index (κ3) is 4.24. The lowest BCUT2D eigenvalue weighted by atomic mass is 9.97. The van der Waals surface area contributed by atoms with Crippen LogP contribution in [-0.2, 0) is 4.79 Å². The summed E-state index contributed by atoms with van der Waals surface area (Å²) in [5.74, 6) is 1.73. The molecule has 0 spiro atoms. The monoisotopic (exact) mass is 510 g/mol. The van der Waals surface area contributed by atoms with Gasteiger partial charge in [0, 0.05) is 43.3 Å². The Morgan fingerprint density at radius 2 is 1.97 bits per heavy atom. The second-order valence-corrected chi connectivity index (χ2v) is 10.1. The number of halogens is 1. The van der Waals surface area contributed by atoms with Gasteiger partial charge in [-0.15, -0.1) is 0 Å². The number of pyridine rings is 2. The minimum Gasteiger partial charge on any atom is -0.493 e. The zero-order chi connectivity index (χ0) is 25.6. The van der Waals surface area contributed by atoms with Crippen LogP contribution in [0.15, 0.2) is 24.8 Å². The fraction of sp³-hybridized carbons (Fsp3) is 0.440. The molecule has 1 amide bonds. The average Bonchev–Trinajstić information content (AvgIpc) is 3.48. The van der Waals surface area contributed by atoms with Crippen LogP contribution in [0.4, 0.5) is 5.82 Å². The molecule has 4 aromatic rings. The maximum atomic E-state index is 12.5. The van der Waals surface area contributed by atoms with Crippen molar-refractivity contribution < 1.29 is 9.53 Å². The SMILES string of the molecule is COc1cc(-c2[nH]c3cnc(N4CCN(C(=O)CN(C)C)CC4)c(Cl)c3c2C(C)C)cn2ncnc12. The van der Waals surface area contributed by atoms with E-state index in [9.17, 15) is 4.79 Å². The van der Waals surface area contributed by atoms with Crippen molar-refractivity contribution >= 4 is 39.9 Å². The number of nitrogens with zero attached hydrogens (tertiary/aromatic N) is 7. The Labute approximate surface area is 214 Å². The quantitative estimate of drug-likeness (QED) is 0.425. The van der Waals surface area contributed by atoms with E-state index in [-0.39, 0.29) is 11.8 Å². The minimum atomic E-state index is 0.145. The number of carbonyl (C=O) groups excluding carboxylic acids is 1. The Kier molecular flexibility index (Phi) is 6.48. The van der Waals surface area contributed by atoms with E-state index in [2.05, 4.69) is 33.8 Å². The van der Waals surface area contributed by atoms with Gasteiger partial charge in [0.1, 0.15) is 12.1 Å². The molecule has 0 bridgehead atoms. The van der Waals surface area contributed by atoms with Crippen LogP contribution in [0.2, 0.25) is 5.02 Å². The molecule has 1 fully saturated rings. The highest BCUT2D eigenvalue weighted by molar-refractivity contribution is 6.38. The number of aromatic nitrogens is 5. The lowest BCUT2D eigenvalue weighted by Crippen LogP contribution is -2.51. The van der Waals surface area contributed by atoms with Gasteiger partial charge in [0.25, 0.3) is 0 Å². The Hall–Kier alpha value is -3.37. The Morgan fingerprint density at radius 3 is 2.64 bits per heavy atom. The first-order valence-corrected chi connectivity index (χ1v) is 12.4. The third-order valence-corrected chi connectivity index (χ3v) is 6.97. The van der Waals surface area contributed by atoms with Crippen molar-refractivity contribution in [2.75, 3.05) is 58.8 Å². The van der Waals surface area contributed by atoms with Crippen LogP contribution in [0.1, 0.15) is 25.3 Å². The van der Waals surface area contributed by atoms with Gasteiger partial charge in [-0.25, -0.2) is 14.5 Å². The first-order valence-electron chi connectivity index (χ1n) is 12.0. The zero-order valence-electron chi connectivity index (χ0n) is 21.2. The molecule has 0 radical (unpaired) electrons. The summed E-state index contributed by atoms with van der Waals surface area (Å²) in [6.07, 6.45) is 5.30. The van der Waals surface area contributed by atoms with Crippen molar-refractivity contribution in [2.45, 2.75) is 19.8 Å². The first-order chi connectivity index (χ1) is 17.3. The van der Waals surface area contributed by atoms with E-state index >= 15 is 0 Å². The van der Waals surface area contributed by atoms with Crippen LogP contribution >= 0.6 is 11.6 Å². The molecule has 4 aromatic heterocycles. The normalized spacial score (nSPS) is 14.6. The maximum absolute atomic E-state index is 12.5. The van der Waals surface area contributed by atoms with Crippen LogP contribution < -0.4 is 9.64 Å². The molecule has 190 valence electrons. The maximum Gasteiger partial charge on any atom is 0.236 e. The molecule has 1 aliphatic rings. The number of H-pyrrole nitrogens is 1. The molecule has 5 rings (SSSR count). The summed E-state index contributed by atoms with van der Waals surface area (Å²) >= 11 is 7.07. The van der Waals surface area contributed by atoms with Crippen molar-refractivity contribution in [2.24, 2.45) is 0 Å². The lowest BCUT2D eigenvalue weighted by molar-refractivity contribution is -0.132. The number of fused-ring (bicyclic) bond motifs is 2. The molecule has 36 heavy (non-hydrogen) atoms. The van der Waals surface area contributed by atoms with Crippen LogP contribution in [0.5, 0.6) is 5.75 Å². The van der Waals surface area contributed by atoms with E-state index < -0.39 is 0 Å². The number of nitrogens with one attached hydrogen (secondary N) is 1. The van der Waals surface area contributed by atoms with Gasteiger partial charge in [0.2, 0.25) is 5.91 Å². The summed E-state index contributed by atoms with van der Waals surface area (Å²) in [7, 11) is 5.44. The van der Waals surface area contributed by atoms with Gasteiger partial charge in [-0.1, -0.05) is 25.4 Å². The van der Waals surface area contributed by atoms with Crippen molar-refractivity contribution in [3.63, 3.8) is 0 Å². The number of anilines is 1. The second-order valence-electron chi connectivity index (χ2n) is 9.68. The molecule has 1 aliphatic heterocycles. The van der Waals surface area contributed by atoms with Crippen molar-refractivity contribution in [1.82, 2.24) is 34.4 Å². The van der Waals surface area contributed by atoms with E-state index in [1.807, 2.05) is 42.4 Å². The number of rotatable bonds is 6. The molecular weight excluding hydrogens is 480 g/mol. The van der Waals surface area contributed by atoms with E-state index in [1.54, 1.807) is 11.6 Å². The number of hydrogen-bond donors (Lipinski definition) is 1. The van der Waals surface area contributed by atoms with Crippen LogP contribution in [0.25, 0.3) is 27.8 Å². The largest absolute Gasteiger partial charge is 0.493 e. The molecule has 5 heterocycles. The molecule has 0 atom stereocenters. The first kappa shape index (κ1) is 24.3. The second kappa shape index (κ2) is 9.59. The highest BCUT2D eigenvalue weighted by atomic mass is 35.5. The Balaban J connectivity index is 1.52. The van der Waals surface area contributed by atoms with Gasteiger partial charge in [-0.2, -0.15) is 5.10 Å². The lowest BCUT2D eigenvalue weighted by Gasteiger charge is -2.36. The molecule has 0 unspecified atom stereocenters.